The molecule has 1 aliphatic rings. The van der Waals surface area contributed by atoms with Crippen LogP contribution in [0.25, 0.3) is 16.8 Å². The molecule has 0 aromatic heterocycles. The summed E-state index contributed by atoms with van der Waals surface area (Å²) in [5.41, 5.74) is 1.80. The van der Waals surface area contributed by atoms with Crippen LogP contribution in [-0.2, 0) is 16.1 Å². The van der Waals surface area contributed by atoms with Crippen molar-refractivity contribution < 1.29 is 28.2 Å². The summed E-state index contributed by atoms with van der Waals surface area (Å²) in [6.45, 7) is -0.222. The lowest BCUT2D eigenvalue weighted by atomic mass is 10.0. The summed E-state index contributed by atoms with van der Waals surface area (Å²) in [5, 5.41) is 4.38. The van der Waals surface area contributed by atoms with Gasteiger partial charge in [-0.25, -0.2) is 4.39 Å². The molecular weight excluding hydrogens is 555 g/mol. The first kappa shape index (κ1) is 27.2. The summed E-state index contributed by atoms with van der Waals surface area (Å²) in [4.78, 5) is 39.7. The number of nitrogens with one attached hydrogen (secondary N) is 1. The molecule has 3 amide bonds. The van der Waals surface area contributed by atoms with Crippen LogP contribution < -0.4 is 14.8 Å². The van der Waals surface area contributed by atoms with Crippen molar-refractivity contribution in [2.45, 2.75) is 6.54 Å². The Labute approximate surface area is 238 Å². The number of imide groups is 1. The maximum atomic E-state index is 13.2. The topological polar surface area (TPSA) is 84.9 Å². The molecule has 40 heavy (non-hydrogen) atoms. The van der Waals surface area contributed by atoms with Gasteiger partial charge in [0.15, 0.2) is 18.1 Å². The summed E-state index contributed by atoms with van der Waals surface area (Å²) in [6.07, 6.45) is 1.56. The number of amides is 3. The second kappa shape index (κ2) is 11.8. The van der Waals surface area contributed by atoms with Crippen LogP contribution in [-0.4, -0.2) is 35.7 Å². The van der Waals surface area contributed by atoms with Gasteiger partial charge < -0.3 is 14.8 Å². The maximum Gasteiger partial charge on any atom is 0.293 e. The average Bonchev–Trinajstić information content (AvgIpc) is 3.20. The first-order valence-electron chi connectivity index (χ1n) is 12.1. The number of rotatable bonds is 8. The van der Waals surface area contributed by atoms with Gasteiger partial charge in [-0.05, 0) is 76.1 Å². The Balaban J connectivity index is 1.30. The standard InChI is InChI=1S/C30H22ClFN2O5S/c1-38-25-14-18(13-24(31)28(25)39-17-27(35)33-22-11-9-21(32)10-12-22)15-26-29(36)34(30(37)40-26)16-20-7-4-6-19-5-2-3-8-23(19)20/h2-15H,16-17H2,1H3,(H,33,35)/b26-15+. The van der Waals surface area contributed by atoms with E-state index in [1.165, 1.54) is 36.3 Å². The predicted molar refractivity (Wildman–Crippen MR) is 154 cm³/mol. The molecule has 0 atom stereocenters. The largest absolute Gasteiger partial charge is 0.493 e. The quantitative estimate of drug-likeness (QED) is 0.230. The SMILES string of the molecule is COc1cc(/C=C2/SC(=O)N(Cc3cccc4ccccc34)C2=O)cc(Cl)c1OCC(=O)Nc1ccc(F)cc1. The molecule has 5 rings (SSSR count). The third kappa shape index (κ3) is 5.95. The van der Waals surface area contributed by atoms with E-state index in [4.69, 9.17) is 21.1 Å². The van der Waals surface area contributed by atoms with Crippen molar-refractivity contribution in [1.82, 2.24) is 4.90 Å². The third-order valence-corrected chi connectivity index (χ3v) is 7.30. The van der Waals surface area contributed by atoms with Crippen LogP contribution in [0, 0.1) is 5.82 Å². The van der Waals surface area contributed by atoms with Gasteiger partial charge in [-0.15, -0.1) is 0 Å². The summed E-state index contributed by atoms with van der Waals surface area (Å²) >= 11 is 7.29. The van der Waals surface area contributed by atoms with E-state index >= 15 is 0 Å². The molecule has 4 aromatic rings. The molecule has 0 bridgehead atoms. The van der Waals surface area contributed by atoms with Gasteiger partial charge in [0, 0.05) is 5.69 Å². The van der Waals surface area contributed by atoms with Gasteiger partial charge in [0.2, 0.25) is 0 Å². The van der Waals surface area contributed by atoms with Crippen molar-refractivity contribution in [3.8, 4) is 11.5 Å². The van der Waals surface area contributed by atoms with Gasteiger partial charge in [0.25, 0.3) is 17.1 Å². The van der Waals surface area contributed by atoms with Crippen LogP contribution in [0.15, 0.2) is 83.8 Å². The number of hydrogen-bond acceptors (Lipinski definition) is 6. The van der Waals surface area contributed by atoms with E-state index in [2.05, 4.69) is 5.32 Å². The maximum absolute atomic E-state index is 13.2. The fourth-order valence-electron chi connectivity index (χ4n) is 4.22. The van der Waals surface area contributed by atoms with Crippen LogP contribution in [0.3, 0.4) is 0 Å². The number of thioether (sulfide) groups is 1. The molecule has 0 aliphatic carbocycles. The van der Waals surface area contributed by atoms with Gasteiger partial charge in [-0.3, -0.25) is 19.3 Å². The lowest BCUT2D eigenvalue weighted by molar-refractivity contribution is -0.123. The molecule has 1 fully saturated rings. The normalized spacial score (nSPS) is 14.2. The fourth-order valence-corrected chi connectivity index (χ4v) is 5.33. The summed E-state index contributed by atoms with van der Waals surface area (Å²) in [5.74, 6) is -0.923. The van der Waals surface area contributed by atoms with Crippen molar-refractivity contribution in [3.63, 3.8) is 0 Å². The molecule has 1 N–H and O–H groups in total. The van der Waals surface area contributed by atoms with Crippen molar-refractivity contribution >= 4 is 63.0 Å². The minimum Gasteiger partial charge on any atom is -0.493 e. The second-order valence-corrected chi connectivity index (χ2v) is 10.2. The molecule has 1 aliphatic heterocycles. The molecule has 4 aromatic carbocycles. The van der Waals surface area contributed by atoms with E-state index in [0.29, 0.717) is 11.3 Å². The third-order valence-electron chi connectivity index (χ3n) is 6.11. The lowest BCUT2D eigenvalue weighted by Crippen LogP contribution is -2.27. The fraction of sp³-hybridized carbons (Fsp3) is 0.100. The van der Waals surface area contributed by atoms with Crippen molar-refractivity contribution in [3.05, 3.63) is 106 Å². The van der Waals surface area contributed by atoms with E-state index in [0.717, 1.165) is 28.1 Å². The molecule has 202 valence electrons. The van der Waals surface area contributed by atoms with Crippen LogP contribution in [0.2, 0.25) is 5.02 Å². The van der Waals surface area contributed by atoms with Crippen molar-refractivity contribution in [1.29, 1.82) is 0 Å². The highest BCUT2D eigenvalue weighted by Crippen LogP contribution is 2.39. The molecule has 1 heterocycles. The summed E-state index contributed by atoms with van der Waals surface area (Å²) < 4.78 is 24.1. The number of methoxy groups -OCH3 is 1. The second-order valence-electron chi connectivity index (χ2n) is 8.78. The number of anilines is 1. The molecule has 0 unspecified atom stereocenters. The molecule has 1 saturated heterocycles. The van der Waals surface area contributed by atoms with Crippen molar-refractivity contribution in [2.24, 2.45) is 0 Å². The minimum atomic E-state index is -0.478. The van der Waals surface area contributed by atoms with Gasteiger partial charge in [0.05, 0.1) is 23.6 Å². The lowest BCUT2D eigenvalue weighted by Gasteiger charge is -2.14. The number of ether oxygens (including phenoxy) is 2. The Kier molecular flexibility index (Phi) is 8.04. The Morgan fingerprint density at radius 1 is 1.05 bits per heavy atom. The molecule has 10 heteroatoms. The minimum absolute atomic E-state index is 0.139. The Morgan fingerprint density at radius 3 is 2.58 bits per heavy atom. The Bertz CT molecular complexity index is 1650. The monoisotopic (exact) mass is 576 g/mol. The van der Waals surface area contributed by atoms with Crippen LogP contribution in [0.5, 0.6) is 11.5 Å². The number of benzene rings is 4. The molecule has 0 radical (unpaired) electrons. The number of carbonyl (C=O) groups excluding carboxylic acids is 3. The van der Waals surface area contributed by atoms with E-state index < -0.39 is 17.6 Å². The van der Waals surface area contributed by atoms with E-state index in [1.54, 1.807) is 18.2 Å². The van der Waals surface area contributed by atoms with Crippen LogP contribution in [0.1, 0.15) is 11.1 Å². The van der Waals surface area contributed by atoms with E-state index in [1.807, 2.05) is 42.5 Å². The summed E-state index contributed by atoms with van der Waals surface area (Å²) in [7, 11) is 1.42. The highest BCUT2D eigenvalue weighted by molar-refractivity contribution is 8.18. The van der Waals surface area contributed by atoms with Gasteiger partial charge in [-0.1, -0.05) is 54.1 Å². The summed E-state index contributed by atoms with van der Waals surface area (Å²) in [6, 6.07) is 22.0. The smallest absolute Gasteiger partial charge is 0.293 e. The van der Waals surface area contributed by atoms with Crippen LogP contribution in [0.4, 0.5) is 14.9 Å². The van der Waals surface area contributed by atoms with E-state index in [-0.39, 0.29) is 39.8 Å². The predicted octanol–water partition coefficient (Wildman–Crippen LogP) is 6.89. The first-order valence-corrected chi connectivity index (χ1v) is 13.3. The zero-order valence-corrected chi connectivity index (χ0v) is 22.7. The number of nitrogens with zero attached hydrogens (tertiary/aromatic N) is 1. The Morgan fingerprint density at radius 2 is 1.80 bits per heavy atom. The Hall–Kier alpha value is -4.34. The zero-order chi connectivity index (χ0) is 28.2. The molecular formula is C30H22ClFN2O5S. The number of carbonyl (C=O) groups is 3. The first-order chi connectivity index (χ1) is 19.3. The highest BCUT2D eigenvalue weighted by Gasteiger charge is 2.35. The molecule has 0 saturated carbocycles. The zero-order valence-electron chi connectivity index (χ0n) is 21.1. The van der Waals surface area contributed by atoms with Gasteiger partial charge >= 0.3 is 0 Å². The number of fused-ring (bicyclic) bond motifs is 1. The molecule has 7 nitrogen and oxygen atoms in total. The van der Waals surface area contributed by atoms with Gasteiger partial charge in [0.1, 0.15) is 5.82 Å². The molecule has 0 spiro atoms. The average molecular weight is 577 g/mol. The number of hydrogen-bond donors (Lipinski definition) is 1. The van der Waals surface area contributed by atoms with E-state index in [9.17, 15) is 18.8 Å². The van der Waals surface area contributed by atoms with Crippen LogP contribution >= 0.6 is 23.4 Å². The van der Waals surface area contributed by atoms with Gasteiger partial charge in [-0.2, -0.15) is 0 Å². The number of halogens is 2. The highest BCUT2D eigenvalue weighted by atomic mass is 35.5. The van der Waals surface area contributed by atoms with Crippen molar-refractivity contribution in [2.75, 3.05) is 19.0 Å².